The molecule has 0 atom stereocenters. The average Bonchev–Trinajstić information content (AvgIpc) is 2.92. The smallest absolute Gasteiger partial charge is 0.138 e. The Kier molecular flexibility index (Phi) is 4.48. The predicted molar refractivity (Wildman–Crippen MR) is 88.0 cm³/mol. The number of rotatable bonds is 6. The molecule has 1 N–H and O–H groups in total. The summed E-state index contributed by atoms with van der Waals surface area (Å²) in [6.45, 7) is 4.50. The zero-order valence-electron chi connectivity index (χ0n) is 12.0. The maximum absolute atomic E-state index is 5.74. The van der Waals surface area contributed by atoms with Crippen molar-refractivity contribution in [2.45, 2.75) is 13.5 Å². The Balaban J connectivity index is 1.46. The number of nitrogens with zero attached hydrogens (tertiary/aromatic N) is 1. The summed E-state index contributed by atoms with van der Waals surface area (Å²) in [5.41, 5.74) is 0.996. The van der Waals surface area contributed by atoms with E-state index in [0.717, 1.165) is 29.7 Å². The Morgan fingerprint density at radius 2 is 2.10 bits per heavy atom. The fourth-order valence-corrected chi connectivity index (χ4v) is 3.02. The van der Waals surface area contributed by atoms with E-state index >= 15 is 0 Å². The van der Waals surface area contributed by atoms with Crippen molar-refractivity contribution < 1.29 is 4.74 Å². The number of aromatic nitrogens is 1. The summed E-state index contributed by atoms with van der Waals surface area (Å²) in [5, 5.41) is 4.50. The molecule has 0 aliphatic heterocycles. The molecule has 0 unspecified atom stereocenters. The normalized spacial score (nSPS) is 10.9. The first-order chi connectivity index (χ1) is 10.3. The van der Waals surface area contributed by atoms with Crippen molar-refractivity contribution in [3.05, 3.63) is 58.4 Å². The summed E-state index contributed by atoms with van der Waals surface area (Å²) in [5.74, 6) is 0.822. The summed E-state index contributed by atoms with van der Waals surface area (Å²) in [6, 6.07) is 14.4. The van der Waals surface area contributed by atoms with Gasteiger partial charge in [0, 0.05) is 28.2 Å². The highest BCUT2D eigenvalue weighted by molar-refractivity contribution is 7.11. The van der Waals surface area contributed by atoms with Crippen LogP contribution in [0.25, 0.3) is 10.9 Å². The number of nitrogens with one attached hydrogen (secondary N) is 1. The van der Waals surface area contributed by atoms with Crippen LogP contribution >= 0.6 is 11.3 Å². The van der Waals surface area contributed by atoms with E-state index < -0.39 is 0 Å². The van der Waals surface area contributed by atoms with Crippen LogP contribution in [0.4, 0.5) is 0 Å². The van der Waals surface area contributed by atoms with Crippen LogP contribution in [0, 0.1) is 6.92 Å². The van der Waals surface area contributed by atoms with Crippen LogP contribution in [0.15, 0.2) is 48.7 Å². The lowest BCUT2D eigenvalue weighted by Gasteiger charge is -2.07. The molecule has 3 rings (SSSR count). The van der Waals surface area contributed by atoms with Gasteiger partial charge in [0.05, 0.1) is 11.7 Å². The monoisotopic (exact) mass is 298 g/mol. The maximum Gasteiger partial charge on any atom is 0.138 e. The third-order valence-corrected chi connectivity index (χ3v) is 4.21. The lowest BCUT2D eigenvalue weighted by molar-refractivity contribution is 0.313. The second-order valence-corrected chi connectivity index (χ2v) is 6.27. The minimum Gasteiger partial charge on any atom is -0.491 e. The van der Waals surface area contributed by atoms with Crippen LogP contribution in [-0.4, -0.2) is 18.1 Å². The molecule has 0 saturated heterocycles. The van der Waals surface area contributed by atoms with E-state index in [9.17, 15) is 0 Å². The van der Waals surface area contributed by atoms with Gasteiger partial charge in [-0.1, -0.05) is 18.2 Å². The highest BCUT2D eigenvalue weighted by Crippen LogP contribution is 2.17. The molecule has 0 fully saturated rings. The highest BCUT2D eigenvalue weighted by Gasteiger charge is 1.99. The van der Waals surface area contributed by atoms with Gasteiger partial charge in [-0.25, -0.2) is 0 Å². The first kappa shape index (κ1) is 14.0. The second-order valence-electron chi connectivity index (χ2n) is 4.90. The lowest BCUT2D eigenvalue weighted by atomic mass is 10.2. The molecule has 1 aromatic carbocycles. The minimum atomic E-state index is 0.643. The van der Waals surface area contributed by atoms with Crippen molar-refractivity contribution in [2.75, 3.05) is 13.2 Å². The topological polar surface area (TPSA) is 34.1 Å². The van der Waals surface area contributed by atoms with E-state index in [1.807, 2.05) is 41.7 Å². The molecule has 0 aliphatic rings. The van der Waals surface area contributed by atoms with Gasteiger partial charge in [0.25, 0.3) is 0 Å². The third-order valence-electron chi connectivity index (χ3n) is 3.21. The Morgan fingerprint density at radius 3 is 2.95 bits per heavy atom. The quantitative estimate of drug-likeness (QED) is 0.703. The van der Waals surface area contributed by atoms with Gasteiger partial charge >= 0.3 is 0 Å². The van der Waals surface area contributed by atoms with Crippen LogP contribution in [-0.2, 0) is 6.54 Å². The first-order valence-electron chi connectivity index (χ1n) is 7.05. The van der Waals surface area contributed by atoms with Gasteiger partial charge in [0.2, 0.25) is 0 Å². The number of benzene rings is 1. The molecular weight excluding hydrogens is 280 g/mol. The van der Waals surface area contributed by atoms with E-state index in [2.05, 4.69) is 29.4 Å². The van der Waals surface area contributed by atoms with Crippen molar-refractivity contribution in [3.63, 3.8) is 0 Å². The molecule has 2 heterocycles. The van der Waals surface area contributed by atoms with Gasteiger partial charge < -0.3 is 10.1 Å². The number of hydrogen-bond acceptors (Lipinski definition) is 4. The Labute approximate surface area is 128 Å². The minimum absolute atomic E-state index is 0.643. The van der Waals surface area contributed by atoms with E-state index in [4.69, 9.17) is 4.74 Å². The van der Waals surface area contributed by atoms with Crippen LogP contribution < -0.4 is 10.1 Å². The van der Waals surface area contributed by atoms with Crippen LogP contribution in [0.3, 0.4) is 0 Å². The number of aryl methyl sites for hydroxylation is 1. The molecule has 0 saturated carbocycles. The first-order valence-corrected chi connectivity index (χ1v) is 7.86. The Morgan fingerprint density at radius 1 is 1.19 bits per heavy atom. The van der Waals surface area contributed by atoms with Gasteiger partial charge in [-0.15, -0.1) is 11.3 Å². The molecule has 108 valence electrons. The molecule has 3 aromatic rings. The largest absolute Gasteiger partial charge is 0.491 e. The summed E-state index contributed by atoms with van der Waals surface area (Å²) in [7, 11) is 0. The summed E-state index contributed by atoms with van der Waals surface area (Å²) in [4.78, 5) is 7.10. The fraction of sp³-hybridized carbons (Fsp3) is 0.235. The molecule has 0 aliphatic carbocycles. The Hall–Kier alpha value is -1.91. The molecule has 21 heavy (non-hydrogen) atoms. The molecule has 3 nitrogen and oxygen atoms in total. The van der Waals surface area contributed by atoms with E-state index in [-0.39, 0.29) is 0 Å². The van der Waals surface area contributed by atoms with Gasteiger partial charge in [-0.3, -0.25) is 4.98 Å². The molecule has 2 aromatic heterocycles. The number of thiophene rings is 1. The summed E-state index contributed by atoms with van der Waals surface area (Å²) in [6.07, 6.45) is 1.78. The second kappa shape index (κ2) is 6.70. The van der Waals surface area contributed by atoms with Gasteiger partial charge in [-0.05, 0) is 31.2 Å². The van der Waals surface area contributed by atoms with Gasteiger partial charge in [0.1, 0.15) is 12.4 Å². The average molecular weight is 298 g/mol. The van der Waals surface area contributed by atoms with Crippen molar-refractivity contribution in [2.24, 2.45) is 0 Å². The van der Waals surface area contributed by atoms with Crippen molar-refractivity contribution in [1.82, 2.24) is 10.3 Å². The molecular formula is C17H18N2OS. The molecule has 0 spiro atoms. The fourth-order valence-electron chi connectivity index (χ4n) is 2.16. The van der Waals surface area contributed by atoms with Crippen molar-refractivity contribution in [1.29, 1.82) is 0 Å². The number of pyridine rings is 1. The highest BCUT2D eigenvalue weighted by atomic mass is 32.1. The van der Waals surface area contributed by atoms with Crippen molar-refractivity contribution >= 4 is 22.2 Å². The van der Waals surface area contributed by atoms with Crippen LogP contribution in [0.1, 0.15) is 9.75 Å². The van der Waals surface area contributed by atoms with Gasteiger partial charge in [-0.2, -0.15) is 0 Å². The number of fused-ring (bicyclic) bond motifs is 1. The maximum atomic E-state index is 5.74. The summed E-state index contributed by atoms with van der Waals surface area (Å²) >= 11 is 1.83. The van der Waals surface area contributed by atoms with E-state index in [1.54, 1.807) is 6.20 Å². The number of ether oxygens (including phenoxy) is 1. The van der Waals surface area contributed by atoms with Crippen molar-refractivity contribution in [3.8, 4) is 5.75 Å². The standard InChI is InChI=1S/C17H18N2OS/c1-13-6-7-16(21-13)12-18-8-9-20-15-10-14-4-2-3-5-17(14)19-11-15/h2-7,10-11,18H,8-9,12H2,1H3. The van der Waals surface area contributed by atoms with Crippen LogP contribution in [0.2, 0.25) is 0 Å². The zero-order chi connectivity index (χ0) is 14.5. The van der Waals surface area contributed by atoms with Crippen LogP contribution in [0.5, 0.6) is 5.75 Å². The molecule has 0 bridgehead atoms. The summed E-state index contributed by atoms with van der Waals surface area (Å²) < 4.78 is 5.74. The number of hydrogen-bond donors (Lipinski definition) is 1. The third kappa shape index (κ3) is 3.80. The van der Waals surface area contributed by atoms with E-state index in [0.29, 0.717) is 6.61 Å². The zero-order valence-corrected chi connectivity index (χ0v) is 12.8. The molecule has 0 amide bonds. The molecule has 0 radical (unpaired) electrons. The Bertz CT molecular complexity index is 723. The lowest BCUT2D eigenvalue weighted by Crippen LogP contribution is -2.20. The van der Waals surface area contributed by atoms with Gasteiger partial charge in [0.15, 0.2) is 0 Å². The molecule has 4 heteroatoms. The predicted octanol–water partition coefficient (Wildman–Crippen LogP) is 3.77. The van der Waals surface area contributed by atoms with E-state index in [1.165, 1.54) is 9.75 Å². The number of para-hydroxylation sites is 1. The SMILES string of the molecule is Cc1ccc(CNCCOc2cnc3ccccc3c2)s1.